The van der Waals surface area contributed by atoms with Crippen molar-refractivity contribution in [2.24, 2.45) is 11.8 Å². The Hall–Kier alpha value is -2.30. The molecule has 5 heteroatoms. The van der Waals surface area contributed by atoms with Gasteiger partial charge < -0.3 is 14.5 Å². The summed E-state index contributed by atoms with van der Waals surface area (Å²) in [7, 11) is 0. The monoisotopic (exact) mass is 343 g/mol. The lowest BCUT2D eigenvalue weighted by Crippen LogP contribution is -2.48. The fourth-order valence-corrected chi connectivity index (χ4v) is 3.46. The molecule has 25 heavy (non-hydrogen) atoms. The predicted octanol–water partition coefficient (Wildman–Crippen LogP) is 3.50. The zero-order chi connectivity index (χ0) is 18.0. The van der Waals surface area contributed by atoms with Gasteiger partial charge in [-0.2, -0.15) is 0 Å². The Morgan fingerprint density at radius 1 is 1.24 bits per heavy atom. The minimum Gasteiger partial charge on any atom is -0.481 e. The van der Waals surface area contributed by atoms with Crippen LogP contribution >= 0.6 is 0 Å². The SMILES string of the molecule is C[C@@H]1[C@H](C)CCC[C@@H]1NC(=O)[C@@H](C)Oc1ccc2ccc(=O)oc2c1. The maximum Gasteiger partial charge on any atom is 0.336 e. The van der Waals surface area contributed by atoms with E-state index in [4.69, 9.17) is 9.15 Å². The Kier molecular flexibility index (Phi) is 5.11. The minimum atomic E-state index is -0.614. The Morgan fingerprint density at radius 3 is 2.80 bits per heavy atom. The topological polar surface area (TPSA) is 68.5 Å². The van der Waals surface area contributed by atoms with Gasteiger partial charge in [-0.1, -0.05) is 26.7 Å². The van der Waals surface area contributed by atoms with Crippen LogP contribution in [0.15, 0.2) is 39.5 Å². The number of hydrogen-bond acceptors (Lipinski definition) is 4. The molecule has 0 unspecified atom stereocenters. The second kappa shape index (κ2) is 7.30. The van der Waals surface area contributed by atoms with Crippen LogP contribution in [0.2, 0.25) is 0 Å². The van der Waals surface area contributed by atoms with Crippen molar-refractivity contribution < 1.29 is 13.9 Å². The van der Waals surface area contributed by atoms with E-state index in [1.807, 2.05) is 6.07 Å². The van der Waals surface area contributed by atoms with Crippen LogP contribution in [-0.2, 0) is 4.79 Å². The summed E-state index contributed by atoms with van der Waals surface area (Å²) < 4.78 is 10.9. The first-order chi connectivity index (χ1) is 11.9. The Morgan fingerprint density at radius 2 is 2.00 bits per heavy atom. The molecule has 1 N–H and O–H groups in total. The fraction of sp³-hybridized carbons (Fsp3) is 0.500. The van der Waals surface area contributed by atoms with Crippen LogP contribution < -0.4 is 15.7 Å². The molecular weight excluding hydrogens is 318 g/mol. The third-order valence-electron chi connectivity index (χ3n) is 5.31. The first kappa shape index (κ1) is 17.5. The molecule has 1 aromatic carbocycles. The Bertz CT molecular complexity index is 813. The molecule has 0 bridgehead atoms. The number of hydrogen-bond donors (Lipinski definition) is 1. The molecule has 0 aliphatic heterocycles. The smallest absolute Gasteiger partial charge is 0.336 e. The highest BCUT2D eigenvalue weighted by Gasteiger charge is 2.29. The van der Waals surface area contributed by atoms with Gasteiger partial charge in [0.05, 0.1) is 0 Å². The molecule has 1 amide bonds. The second-order valence-electron chi connectivity index (χ2n) is 7.10. The van der Waals surface area contributed by atoms with Crippen LogP contribution in [0.3, 0.4) is 0 Å². The zero-order valence-corrected chi connectivity index (χ0v) is 15.0. The molecule has 1 heterocycles. The number of benzene rings is 1. The van der Waals surface area contributed by atoms with Gasteiger partial charge in [-0.15, -0.1) is 0 Å². The van der Waals surface area contributed by atoms with Gasteiger partial charge in [-0.3, -0.25) is 4.79 Å². The van der Waals surface area contributed by atoms with Crippen LogP contribution in [0.1, 0.15) is 40.0 Å². The summed E-state index contributed by atoms with van der Waals surface area (Å²) in [5, 5.41) is 3.94. The van der Waals surface area contributed by atoms with Gasteiger partial charge in [0.15, 0.2) is 6.10 Å². The molecule has 1 fully saturated rings. The highest BCUT2D eigenvalue weighted by atomic mass is 16.5. The average Bonchev–Trinajstić information content (AvgIpc) is 2.58. The van der Waals surface area contributed by atoms with Gasteiger partial charge in [0.1, 0.15) is 11.3 Å². The van der Waals surface area contributed by atoms with Gasteiger partial charge in [-0.05, 0) is 43.4 Å². The summed E-state index contributed by atoms with van der Waals surface area (Å²) in [6.07, 6.45) is 2.78. The van der Waals surface area contributed by atoms with Crippen LogP contribution in [0, 0.1) is 11.8 Å². The summed E-state index contributed by atoms with van der Waals surface area (Å²) in [6, 6.07) is 8.52. The van der Waals surface area contributed by atoms with Crippen molar-refractivity contribution in [2.45, 2.75) is 52.2 Å². The van der Waals surface area contributed by atoms with E-state index in [0.717, 1.165) is 18.2 Å². The molecule has 1 aliphatic rings. The molecule has 5 nitrogen and oxygen atoms in total. The van der Waals surface area contributed by atoms with Crippen molar-refractivity contribution in [3.8, 4) is 5.75 Å². The molecule has 0 saturated heterocycles. The number of nitrogens with one attached hydrogen (secondary N) is 1. The molecule has 4 atom stereocenters. The van der Waals surface area contributed by atoms with Crippen molar-refractivity contribution in [1.82, 2.24) is 5.32 Å². The predicted molar refractivity (Wildman–Crippen MR) is 96.7 cm³/mol. The minimum absolute atomic E-state index is 0.111. The van der Waals surface area contributed by atoms with Crippen molar-refractivity contribution in [3.63, 3.8) is 0 Å². The molecular formula is C20H25NO4. The van der Waals surface area contributed by atoms with E-state index in [2.05, 4.69) is 19.2 Å². The van der Waals surface area contributed by atoms with Gasteiger partial charge in [0, 0.05) is 23.6 Å². The standard InChI is InChI=1S/C20H25NO4/c1-12-5-4-6-17(13(12)2)21-20(23)14(3)24-16-9-7-15-8-10-19(22)25-18(15)11-16/h7-14,17H,4-6H2,1-3H3,(H,21,23)/t12-,13-,14-,17+/m1/s1. The number of amides is 1. The molecule has 1 aliphatic carbocycles. The first-order valence-electron chi connectivity index (χ1n) is 8.95. The molecule has 1 saturated carbocycles. The number of rotatable bonds is 4. The molecule has 0 spiro atoms. The van der Waals surface area contributed by atoms with Gasteiger partial charge in [-0.25, -0.2) is 4.79 Å². The van der Waals surface area contributed by atoms with Crippen molar-refractivity contribution >= 4 is 16.9 Å². The van der Waals surface area contributed by atoms with Gasteiger partial charge in [0.2, 0.25) is 0 Å². The van der Waals surface area contributed by atoms with E-state index in [1.54, 1.807) is 25.1 Å². The van der Waals surface area contributed by atoms with E-state index < -0.39 is 11.7 Å². The summed E-state index contributed by atoms with van der Waals surface area (Å²) >= 11 is 0. The van der Waals surface area contributed by atoms with E-state index in [-0.39, 0.29) is 11.9 Å². The van der Waals surface area contributed by atoms with E-state index >= 15 is 0 Å². The number of carbonyl (C=O) groups excluding carboxylic acids is 1. The Balaban J connectivity index is 1.66. The third-order valence-corrected chi connectivity index (χ3v) is 5.31. The lowest BCUT2D eigenvalue weighted by molar-refractivity contribution is -0.128. The van der Waals surface area contributed by atoms with Crippen LogP contribution in [0.5, 0.6) is 5.75 Å². The summed E-state index contributed by atoms with van der Waals surface area (Å²) in [5.74, 6) is 1.49. The van der Waals surface area contributed by atoms with E-state index in [1.165, 1.54) is 12.5 Å². The maximum absolute atomic E-state index is 12.5. The average molecular weight is 343 g/mol. The normalized spacial score (nSPS) is 24.7. The number of carbonyl (C=O) groups is 1. The second-order valence-corrected chi connectivity index (χ2v) is 7.10. The molecule has 0 radical (unpaired) electrons. The lowest BCUT2D eigenvalue weighted by atomic mass is 9.78. The number of ether oxygens (including phenoxy) is 1. The van der Waals surface area contributed by atoms with Crippen LogP contribution in [0.4, 0.5) is 0 Å². The van der Waals surface area contributed by atoms with Crippen LogP contribution in [0.25, 0.3) is 11.0 Å². The van der Waals surface area contributed by atoms with Gasteiger partial charge >= 0.3 is 5.63 Å². The van der Waals surface area contributed by atoms with Crippen LogP contribution in [-0.4, -0.2) is 18.1 Å². The fourth-order valence-electron chi connectivity index (χ4n) is 3.46. The molecule has 1 aromatic heterocycles. The summed E-state index contributed by atoms with van der Waals surface area (Å²) in [4.78, 5) is 23.8. The quantitative estimate of drug-likeness (QED) is 0.863. The van der Waals surface area contributed by atoms with Crippen molar-refractivity contribution in [3.05, 3.63) is 40.8 Å². The number of fused-ring (bicyclic) bond motifs is 1. The highest BCUT2D eigenvalue weighted by Crippen LogP contribution is 2.29. The van der Waals surface area contributed by atoms with E-state index in [9.17, 15) is 9.59 Å². The largest absolute Gasteiger partial charge is 0.481 e. The van der Waals surface area contributed by atoms with Gasteiger partial charge in [0.25, 0.3) is 5.91 Å². The highest BCUT2D eigenvalue weighted by molar-refractivity contribution is 5.81. The van der Waals surface area contributed by atoms with Crippen molar-refractivity contribution in [2.75, 3.05) is 0 Å². The first-order valence-corrected chi connectivity index (χ1v) is 8.95. The van der Waals surface area contributed by atoms with E-state index in [0.29, 0.717) is 23.2 Å². The zero-order valence-electron chi connectivity index (χ0n) is 15.0. The molecule has 3 rings (SSSR count). The lowest BCUT2D eigenvalue weighted by Gasteiger charge is -2.35. The summed E-state index contributed by atoms with van der Waals surface area (Å²) in [5.41, 5.74) is 0.0446. The van der Waals surface area contributed by atoms with Crippen molar-refractivity contribution in [1.29, 1.82) is 0 Å². The molecule has 134 valence electrons. The Labute approximate surface area is 147 Å². The maximum atomic E-state index is 12.5. The third kappa shape index (κ3) is 4.03. The molecule has 2 aromatic rings. The summed E-state index contributed by atoms with van der Waals surface area (Å²) in [6.45, 7) is 6.18.